The lowest BCUT2D eigenvalue weighted by Crippen LogP contribution is -2.45. The Labute approximate surface area is 189 Å². The predicted octanol–water partition coefficient (Wildman–Crippen LogP) is 2.59. The first-order valence-electron chi connectivity index (χ1n) is 10.3. The molecule has 1 aromatic carbocycles. The number of carbonyl (C=O) groups is 1. The highest BCUT2D eigenvalue weighted by molar-refractivity contribution is 5.89. The van der Waals surface area contributed by atoms with Crippen molar-refractivity contribution in [3.05, 3.63) is 60.0 Å². The average Bonchev–Trinajstić information content (AvgIpc) is 3.31. The van der Waals surface area contributed by atoms with Gasteiger partial charge in [-0.2, -0.15) is 10.1 Å². The Bertz CT molecular complexity index is 1330. The fourth-order valence-corrected chi connectivity index (χ4v) is 3.97. The highest BCUT2D eigenvalue weighted by Crippen LogP contribution is 2.37. The molecule has 168 valence electrons. The van der Waals surface area contributed by atoms with Crippen LogP contribution in [0, 0.1) is 0 Å². The average molecular weight is 446 g/mol. The number of hydrogen-bond donors (Lipinski definition) is 0. The molecule has 0 bridgehead atoms. The minimum Gasteiger partial charge on any atom is -0.480 e. The van der Waals surface area contributed by atoms with Crippen LogP contribution in [0.2, 0.25) is 0 Å². The quantitative estimate of drug-likeness (QED) is 0.413. The van der Waals surface area contributed by atoms with Crippen molar-refractivity contribution in [3.8, 4) is 23.1 Å². The summed E-state index contributed by atoms with van der Waals surface area (Å²) in [5.74, 6) is 0.336. The van der Waals surface area contributed by atoms with Crippen molar-refractivity contribution in [2.75, 3.05) is 39.3 Å². The first-order chi connectivity index (χ1) is 16.1. The summed E-state index contributed by atoms with van der Waals surface area (Å²) in [6.45, 7) is 1.57. The Balaban J connectivity index is 1.46. The van der Waals surface area contributed by atoms with Gasteiger partial charge < -0.3 is 19.1 Å². The number of esters is 1. The summed E-state index contributed by atoms with van der Waals surface area (Å²) in [6.07, 6.45) is 5.15. The van der Waals surface area contributed by atoms with Crippen LogP contribution in [-0.4, -0.2) is 65.0 Å². The highest BCUT2D eigenvalue weighted by Gasteiger charge is 2.31. The number of hydrogen-bond acceptors (Lipinski definition) is 9. The molecule has 4 heterocycles. The monoisotopic (exact) mass is 446 g/mol. The molecule has 4 aromatic rings. The third-order valence-electron chi connectivity index (χ3n) is 5.72. The SMILES string of the molecule is COC(=O)c1cccc(C2CN(c3cc(-c4cnc(OC)nc4OC)nn4ccnc34)C2)c1. The van der Waals surface area contributed by atoms with Gasteiger partial charge in [0, 0.05) is 37.6 Å². The Kier molecular flexibility index (Phi) is 5.25. The molecule has 0 amide bonds. The molecule has 3 aromatic heterocycles. The van der Waals surface area contributed by atoms with Gasteiger partial charge in [0.25, 0.3) is 0 Å². The van der Waals surface area contributed by atoms with Crippen LogP contribution in [0.5, 0.6) is 11.9 Å². The van der Waals surface area contributed by atoms with Crippen molar-refractivity contribution >= 4 is 17.3 Å². The van der Waals surface area contributed by atoms with Crippen LogP contribution in [-0.2, 0) is 4.74 Å². The molecule has 1 fully saturated rings. The van der Waals surface area contributed by atoms with Crippen molar-refractivity contribution in [1.82, 2.24) is 24.6 Å². The second-order valence-corrected chi connectivity index (χ2v) is 7.61. The number of carbonyl (C=O) groups excluding carboxylic acids is 1. The van der Waals surface area contributed by atoms with E-state index < -0.39 is 0 Å². The number of nitrogens with zero attached hydrogens (tertiary/aromatic N) is 6. The van der Waals surface area contributed by atoms with Crippen LogP contribution < -0.4 is 14.4 Å². The van der Waals surface area contributed by atoms with Crippen molar-refractivity contribution in [2.45, 2.75) is 5.92 Å². The number of imidazole rings is 1. The zero-order valence-electron chi connectivity index (χ0n) is 18.4. The highest BCUT2D eigenvalue weighted by atomic mass is 16.5. The van der Waals surface area contributed by atoms with Gasteiger partial charge in [-0.25, -0.2) is 19.3 Å². The molecule has 0 N–H and O–H groups in total. The molecule has 10 nitrogen and oxygen atoms in total. The Morgan fingerprint density at radius 1 is 1.09 bits per heavy atom. The number of fused-ring (bicyclic) bond motifs is 1. The van der Waals surface area contributed by atoms with E-state index in [1.165, 1.54) is 14.2 Å². The molecule has 0 radical (unpaired) electrons. The van der Waals surface area contributed by atoms with Gasteiger partial charge in [0.15, 0.2) is 5.65 Å². The zero-order valence-corrected chi connectivity index (χ0v) is 18.4. The van der Waals surface area contributed by atoms with Crippen LogP contribution in [0.1, 0.15) is 21.8 Å². The van der Waals surface area contributed by atoms with Crippen LogP contribution in [0.3, 0.4) is 0 Å². The van der Waals surface area contributed by atoms with Crippen molar-refractivity contribution in [1.29, 1.82) is 0 Å². The fraction of sp³-hybridized carbons (Fsp3) is 0.261. The molecule has 1 aliphatic heterocycles. The summed E-state index contributed by atoms with van der Waals surface area (Å²) < 4.78 is 17.1. The molecule has 0 spiro atoms. The van der Waals surface area contributed by atoms with Gasteiger partial charge in [-0.05, 0) is 23.8 Å². The minimum absolute atomic E-state index is 0.222. The largest absolute Gasteiger partial charge is 0.480 e. The van der Waals surface area contributed by atoms with E-state index in [-0.39, 0.29) is 12.0 Å². The summed E-state index contributed by atoms with van der Waals surface area (Å²) in [5, 5.41) is 4.66. The normalized spacial score (nSPS) is 13.6. The van der Waals surface area contributed by atoms with Gasteiger partial charge in [-0.3, -0.25) is 0 Å². The first kappa shape index (κ1) is 20.7. The van der Waals surface area contributed by atoms with E-state index in [1.54, 1.807) is 36.3 Å². The predicted molar refractivity (Wildman–Crippen MR) is 120 cm³/mol. The maximum atomic E-state index is 11.9. The number of anilines is 1. The summed E-state index contributed by atoms with van der Waals surface area (Å²) in [5.41, 5.74) is 4.68. The van der Waals surface area contributed by atoms with Crippen LogP contribution >= 0.6 is 0 Å². The Morgan fingerprint density at radius 2 is 1.94 bits per heavy atom. The van der Waals surface area contributed by atoms with E-state index in [2.05, 4.69) is 25.0 Å². The van der Waals surface area contributed by atoms with E-state index in [0.717, 1.165) is 30.0 Å². The smallest absolute Gasteiger partial charge is 0.337 e. The number of benzene rings is 1. The minimum atomic E-state index is -0.332. The molecular formula is C23H22N6O4. The molecule has 1 aliphatic rings. The molecule has 1 saturated heterocycles. The molecular weight excluding hydrogens is 424 g/mol. The molecule has 0 saturated carbocycles. The van der Waals surface area contributed by atoms with Crippen LogP contribution in [0.4, 0.5) is 5.69 Å². The topological polar surface area (TPSA) is 104 Å². The summed E-state index contributed by atoms with van der Waals surface area (Å²) in [4.78, 5) is 27.1. The maximum Gasteiger partial charge on any atom is 0.337 e. The lowest BCUT2D eigenvalue weighted by molar-refractivity contribution is 0.0600. The number of ether oxygens (including phenoxy) is 3. The lowest BCUT2D eigenvalue weighted by Gasteiger charge is -2.41. The molecule has 10 heteroatoms. The van der Waals surface area contributed by atoms with E-state index >= 15 is 0 Å². The molecule has 0 unspecified atom stereocenters. The summed E-state index contributed by atoms with van der Waals surface area (Å²) in [6, 6.07) is 9.78. The van der Waals surface area contributed by atoms with E-state index in [1.807, 2.05) is 24.3 Å². The molecule has 0 aliphatic carbocycles. The van der Waals surface area contributed by atoms with Gasteiger partial charge in [-0.15, -0.1) is 0 Å². The second-order valence-electron chi connectivity index (χ2n) is 7.61. The Morgan fingerprint density at radius 3 is 2.70 bits per heavy atom. The third-order valence-corrected chi connectivity index (χ3v) is 5.72. The van der Waals surface area contributed by atoms with Gasteiger partial charge >= 0.3 is 12.0 Å². The number of rotatable bonds is 6. The van der Waals surface area contributed by atoms with Crippen LogP contribution in [0.25, 0.3) is 16.9 Å². The van der Waals surface area contributed by atoms with Crippen LogP contribution in [0.15, 0.2) is 48.9 Å². The molecule has 5 rings (SSSR count). The standard InChI is InChI=1S/C23H22N6O4/c1-31-21-17(11-25-23(26-21)33-3)18-10-19(20-24-7-8-29(20)27-18)28-12-16(13-28)14-5-4-6-15(9-14)22(30)32-2/h4-11,16H,12-13H2,1-3H3. The number of methoxy groups -OCH3 is 3. The summed E-state index contributed by atoms with van der Waals surface area (Å²) in [7, 11) is 4.44. The maximum absolute atomic E-state index is 11.9. The fourth-order valence-electron chi connectivity index (χ4n) is 3.97. The van der Waals surface area contributed by atoms with E-state index in [4.69, 9.17) is 14.2 Å². The second kappa shape index (κ2) is 8.38. The lowest BCUT2D eigenvalue weighted by atomic mass is 9.90. The molecule has 0 atom stereocenters. The van der Waals surface area contributed by atoms with E-state index in [9.17, 15) is 4.79 Å². The Hall–Kier alpha value is -4.21. The van der Waals surface area contributed by atoms with E-state index in [0.29, 0.717) is 28.6 Å². The van der Waals surface area contributed by atoms with Crippen molar-refractivity contribution in [2.24, 2.45) is 0 Å². The molecule has 33 heavy (non-hydrogen) atoms. The van der Waals surface area contributed by atoms with Gasteiger partial charge in [-0.1, -0.05) is 12.1 Å². The zero-order chi connectivity index (χ0) is 22.9. The van der Waals surface area contributed by atoms with Gasteiger partial charge in [0.1, 0.15) is 5.69 Å². The van der Waals surface area contributed by atoms with Gasteiger partial charge in [0.2, 0.25) is 5.88 Å². The van der Waals surface area contributed by atoms with Crippen molar-refractivity contribution < 1.29 is 19.0 Å². The van der Waals surface area contributed by atoms with Crippen molar-refractivity contribution in [3.63, 3.8) is 0 Å². The summed E-state index contributed by atoms with van der Waals surface area (Å²) >= 11 is 0. The first-order valence-corrected chi connectivity index (χ1v) is 10.3. The van der Waals surface area contributed by atoms with Gasteiger partial charge in [0.05, 0.1) is 38.1 Å². The third kappa shape index (κ3) is 3.69. The number of aromatic nitrogens is 5.